The molecular weight excluding hydrogens is 608 g/mol. The van der Waals surface area contributed by atoms with Crippen LogP contribution in [0.2, 0.25) is 0 Å². The Bertz CT molecular complexity index is 1290. The van der Waals surface area contributed by atoms with Crippen LogP contribution in [0.15, 0.2) is 69.6 Å². The molecule has 5 rings (SSSR count). The van der Waals surface area contributed by atoms with Crippen molar-refractivity contribution in [3.63, 3.8) is 0 Å². The Morgan fingerprint density at radius 2 is 0.658 bits per heavy atom. The zero-order chi connectivity index (χ0) is 26.8. The summed E-state index contributed by atoms with van der Waals surface area (Å²) in [5.74, 6) is 3.55. The standard InChI is InChI=1S/C32H30Br2O4/c1-35-29-19-7-5-8-20(29)12-24-16-28(34)18-26(32(24)38-4)14-22-10-6-9-21(30(22)36-2)13-25-17-27(33)15-23(11-19)31(25)37-3/h5-10,15-18H,11-14H2,1-4H3. The zero-order valence-electron chi connectivity index (χ0n) is 22.0. The van der Waals surface area contributed by atoms with E-state index in [0.717, 1.165) is 76.5 Å². The smallest absolute Gasteiger partial charge is 0.125 e. The van der Waals surface area contributed by atoms with Crippen molar-refractivity contribution in [1.29, 1.82) is 0 Å². The van der Waals surface area contributed by atoms with Gasteiger partial charge >= 0.3 is 0 Å². The zero-order valence-corrected chi connectivity index (χ0v) is 25.2. The van der Waals surface area contributed by atoms with Crippen molar-refractivity contribution in [1.82, 2.24) is 0 Å². The molecule has 0 heterocycles. The number of hydrogen-bond donors (Lipinski definition) is 0. The molecule has 0 fully saturated rings. The molecule has 0 unspecified atom stereocenters. The van der Waals surface area contributed by atoms with Crippen molar-refractivity contribution in [2.45, 2.75) is 25.7 Å². The predicted octanol–water partition coefficient (Wildman–Crippen LogP) is 7.92. The molecule has 0 aliphatic heterocycles. The lowest BCUT2D eigenvalue weighted by atomic mass is 9.91. The van der Waals surface area contributed by atoms with E-state index in [0.29, 0.717) is 25.7 Å². The van der Waals surface area contributed by atoms with Crippen LogP contribution >= 0.6 is 31.9 Å². The average Bonchev–Trinajstić information content (AvgIpc) is 2.88. The quantitative estimate of drug-likeness (QED) is 0.201. The SMILES string of the molecule is COc1c2cccc1Cc1cc(Br)cc(c1OC)Cc1cccc(c1OC)Cc1cc(Br)cc(c1OC)C2. The molecule has 196 valence electrons. The number of rotatable bonds is 4. The molecule has 0 saturated heterocycles. The van der Waals surface area contributed by atoms with E-state index in [2.05, 4.69) is 92.5 Å². The maximum absolute atomic E-state index is 6.02. The molecule has 4 nitrogen and oxygen atoms in total. The monoisotopic (exact) mass is 636 g/mol. The lowest BCUT2D eigenvalue weighted by molar-refractivity contribution is 0.395. The maximum Gasteiger partial charge on any atom is 0.125 e. The molecule has 0 amide bonds. The maximum atomic E-state index is 6.02. The van der Waals surface area contributed by atoms with E-state index >= 15 is 0 Å². The third-order valence-corrected chi connectivity index (χ3v) is 8.03. The minimum absolute atomic E-state index is 0.671. The summed E-state index contributed by atoms with van der Waals surface area (Å²) in [5.41, 5.74) is 8.80. The van der Waals surface area contributed by atoms with Crippen LogP contribution in [0.4, 0.5) is 0 Å². The van der Waals surface area contributed by atoms with Crippen molar-refractivity contribution in [3.8, 4) is 23.0 Å². The van der Waals surface area contributed by atoms with E-state index in [1.807, 2.05) is 0 Å². The van der Waals surface area contributed by atoms with E-state index in [9.17, 15) is 0 Å². The van der Waals surface area contributed by atoms with Gasteiger partial charge in [0, 0.05) is 56.9 Å². The number of fused-ring (bicyclic) bond motifs is 8. The summed E-state index contributed by atoms with van der Waals surface area (Å²) in [5, 5.41) is 0. The lowest BCUT2D eigenvalue weighted by Gasteiger charge is -2.21. The van der Waals surface area contributed by atoms with Crippen molar-refractivity contribution in [2.24, 2.45) is 0 Å². The highest BCUT2D eigenvalue weighted by molar-refractivity contribution is 9.10. The summed E-state index contributed by atoms with van der Waals surface area (Å²) in [4.78, 5) is 0. The molecule has 6 heteroatoms. The van der Waals surface area contributed by atoms with Gasteiger partial charge in [0.05, 0.1) is 28.4 Å². The minimum Gasteiger partial charge on any atom is -0.496 e. The number of hydrogen-bond acceptors (Lipinski definition) is 4. The highest BCUT2D eigenvalue weighted by atomic mass is 79.9. The Morgan fingerprint density at radius 1 is 0.421 bits per heavy atom. The van der Waals surface area contributed by atoms with Gasteiger partial charge in [0.2, 0.25) is 0 Å². The fraction of sp³-hybridized carbons (Fsp3) is 0.250. The fourth-order valence-electron chi connectivity index (χ4n) is 5.65. The van der Waals surface area contributed by atoms with Crippen LogP contribution in [0.25, 0.3) is 0 Å². The molecular formula is C32H30Br2O4. The molecule has 0 atom stereocenters. The van der Waals surface area contributed by atoms with Gasteiger partial charge in [-0.3, -0.25) is 0 Å². The molecule has 0 aromatic heterocycles. The number of halogens is 2. The van der Waals surface area contributed by atoms with Gasteiger partial charge in [0.15, 0.2) is 0 Å². The van der Waals surface area contributed by atoms with E-state index in [1.54, 1.807) is 28.4 Å². The molecule has 8 bridgehead atoms. The van der Waals surface area contributed by atoms with Crippen LogP contribution in [-0.2, 0) is 25.7 Å². The van der Waals surface area contributed by atoms with Crippen molar-refractivity contribution >= 4 is 31.9 Å². The molecule has 4 aromatic rings. The predicted molar refractivity (Wildman–Crippen MR) is 159 cm³/mol. The van der Waals surface area contributed by atoms with Crippen LogP contribution in [0, 0.1) is 0 Å². The number of methoxy groups -OCH3 is 4. The van der Waals surface area contributed by atoms with E-state index < -0.39 is 0 Å². The summed E-state index contributed by atoms with van der Waals surface area (Å²) in [6.45, 7) is 0. The highest BCUT2D eigenvalue weighted by Gasteiger charge is 2.21. The Balaban J connectivity index is 1.80. The second-order valence-corrected chi connectivity index (χ2v) is 11.3. The van der Waals surface area contributed by atoms with Gasteiger partial charge < -0.3 is 18.9 Å². The van der Waals surface area contributed by atoms with Gasteiger partial charge in [-0.15, -0.1) is 0 Å². The van der Waals surface area contributed by atoms with E-state index in [-0.39, 0.29) is 0 Å². The Labute approximate surface area is 241 Å². The van der Waals surface area contributed by atoms with Crippen LogP contribution in [-0.4, -0.2) is 28.4 Å². The summed E-state index contributed by atoms with van der Waals surface area (Å²) < 4.78 is 26.1. The van der Waals surface area contributed by atoms with Gasteiger partial charge in [-0.05, 0) is 46.5 Å². The Morgan fingerprint density at radius 3 is 0.895 bits per heavy atom. The van der Waals surface area contributed by atoms with Crippen LogP contribution in [0.5, 0.6) is 23.0 Å². The molecule has 0 spiro atoms. The van der Waals surface area contributed by atoms with Gasteiger partial charge in [-0.25, -0.2) is 0 Å². The largest absolute Gasteiger partial charge is 0.496 e. The van der Waals surface area contributed by atoms with Crippen molar-refractivity contribution < 1.29 is 18.9 Å². The van der Waals surface area contributed by atoms with E-state index in [1.165, 1.54) is 0 Å². The first-order chi connectivity index (χ1) is 18.4. The van der Waals surface area contributed by atoms with Gasteiger partial charge in [0.25, 0.3) is 0 Å². The molecule has 1 aliphatic rings. The molecule has 0 saturated carbocycles. The van der Waals surface area contributed by atoms with Crippen LogP contribution < -0.4 is 18.9 Å². The lowest BCUT2D eigenvalue weighted by Crippen LogP contribution is -2.06. The molecule has 38 heavy (non-hydrogen) atoms. The normalized spacial score (nSPS) is 12.6. The summed E-state index contributed by atoms with van der Waals surface area (Å²) >= 11 is 7.49. The van der Waals surface area contributed by atoms with Gasteiger partial charge in [0.1, 0.15) is 23.0 Å². The number of benzene rings is 4. The molecule has 1 aliphatic carbocycles. The van der Waals surface area contributed by atoms with Crippen molar-refractivity contribution in [2.75, 3.05) is 28.4 Å². The molecule has 0 radical (unpaired) electrons. The first kappa shape index (κ1) is 26.6. The summed E-state index contributed by atoms with van der Waals surface area (Å²) in [6.07, 6.45) is 2.69. The highest BCUT2D eigenvalue weighted by Crippen LogP contribution is 2.40. The molecule has 4 aromatic carbocycles. The van der Waals surface area contributed by atoms with E-state index in [4.69, 9.17) is 18.9 Å². The first-order valence-electron chi connectivity index (χ1n) is 12.5. The fourth-order valence-corrected chi connectivity index (χ4v) is 6.76. The molecule has 0 N–H and O–H groups in total. The number of ether oxygens (including phenoxy) is 4. The Kier molecular flexibility index (Phi) is 8.01. The minimum atomic E-state index is 0.671. The first-order valence-corrected chi connectivity index (χ1v) is 14.0. The third-order valence-electron chi connectivity index (χ3n) is 7.11. The topological polar surface area (TPSA) is 36.9 Å². The average molecular weight is 638 g/mol. The third kappa shape index (κ3) is 5.16. The van der Waals surface area contributed by atoms with Crippen molar-refractivity contribution in [3.05, 3.63) is 114 Å². The number of para-hydroxylation sites is 2. The summed E-state index contributed by atoms with van der Waals surface area (Å²) in [7, 11) is 6.97. The van der Waals surface area contributed by atoms with Gasteiger partial charge in [-0.2, -0.15) is 0 Å². The van der Waals surface area contributed by atoms with Gasteiger partial charge in [-0.1, -0.05) is 68.3 Å². The van der Waals surface area contributed by atoms with Crippen LogP contribution in [0.1, 0.15) is 44.5 Å². The Hall–Kier alpha value is -2.96. The summed E-state index contributed by atoms with van der Waals surface area (Å²) in [6, 6.07) is 21.2. The second kappa shape index (κ2) is 11.4. The second-order valence-electron chi connectivity index (χ2n) is 9.44. The van der Waals surface area contributed by atoms with Crippen LogP contribution in [0.3, 0.4) is 0 Å².